The molecule has 0 unspecified atom stereocenters. The molecule has 3 heteroatoms. The van der Waals surface area contributed by atoms with E-state index in [0.717, 1.165) is 31.2 Å². The van der Waals surface area contributed by atoms with Gasteiger partial charge in [-0.3, -0.25) is 4.79 Å². The van der Waals surface area contributed by atoms with Crippen molar-refractivity contribution in [3.63, 3.8) is 0 Å². The van der Waals surface area contributed by atoms with E-state index in [9.17, 15) is 4.79 Å². The Morgan fingerprint density at radius 3 is 2.47 bits per heavy atom. The van der Waals surface area contributed by atoms with Crippen LogP contribution < -0.4 is 11.1 Å². The third-order valence-corrected chi connectivity index (χ3v) is 4.33. The molecule has 0 spiro atoms. The van der Waals surface area contributed by atoms with Crippen LogP contribution in [0.2, 0.25) is 0 Å². The van der Waals surface area contributed by atoms with Crippen LogP contribution in [0.1, 0.15) is 50.6 Å². The van der Waals surface area contributed by atoms with Gasteiger partial charge in [-0.15, -0.1) is 0 Å². The molecule has 1 aliphatic carbocycles. The number of amides is 1. The molecule has 0 radical (unpaired) electrons. The quantitative estimate of drug-likeness (QED) is 0.874. The van der Waals surface area contributed by atoms with Gasteiger partial charge < -0.3 is 11.1 Å². The average molecular weight is 260 g/mol. The Labute approximate surface area is 115 Å². The molecule has 0 saturated heterocycles. The zero-order valence-electron chi connectivity index (χ0n) is 11.7. The van der Waals surface area contributed by atoms with Gasteiger partial charge in [0.1, 0.15) is 0 Å². The van der Waals surface area contributed by atoms with Crippen molar-refractivity contribution in [2.24, 2.45) is 11.1 Å². The van der Waals surface area contributed by atoms with Crippen LogP contribution in [0.15, 0.2) is 30.3 Å². The minimum absolute atomic E-state index is 0.0408. The van der Waals surface area contributed by atoms with Crippen LogP contribution in [-0.2, 0) is 4.79 Å². The molecule has 0 heterocycles. The normalized spacial score (nSPS) is 19.7. The Morgan fingerprint density at radius 2 is 1.89 bits per heavy atom. The van der Waals surface area contributed by atoms with Crippen LogP contribution >= 0.6 is 0 Å². The van der Waals surface area contributed by atoms with Crippen molar-refractivity contribution in [1.29, 1.82) is 0 Å². The van der Waals surface area contributed by atoms with Crippen LogP contribution in [0, 0.1) is 5.41 Å². The van der Waals surface area contributed by atoms with Gasteiger partial charge in [0, 0.05) is 6.54 Å². The van der Waals surface area contributed by atoms with Crippen LogP contribution in [0.25, 0.3) is 0 Å². The van der Waals surface area contributed by atoms with Crippen molar-refractivity contribution in [3.8, 4) is 0 Å². The van der Waals surface area contributed by atoms with Gasteiger partial charge >= 0.3 is 0 Å². The lowest BCUT2D eigenvalue weighted by molar-refractivity contribution is -0.133. The Balaban J connectivity index is 2.03. The standard InChI is InChI=1S/C16H24N2O/c1-13(14-8-4-2-5-9-14)18-15(19)16(12-17)10-6-3-7-11-16/h2,4-5,8-9,13H,3,6-7,10-12,17H2,1H3,(H,18,19)/t13-/m0/s1. The topological polar surface area (TPSA) is 55.1 Å². The monoisotopic (exact) mass is 260 g/mol. The molecule has 104 valence electrons. The van der Waals surface area contributed by atoms with E-state index in [1.165, 1.54) is 6.42 Å². The number of carbonyl (C=O) groups excluding carboxylic acids is 1. The summed E-state index contributed by atoms with van der Waals surface area (Å²) in [6.45, 7) is 2.49. The van der Waals surface area contributed by atoms with Crippen molar-refractivity contribution >= 4 is 5.91 Å². The van der Waals surface area contributed by atoms with Crippen molar-refractivity contribution in [2.45, 2.75) is 45.1 Å². The summed E-state index contributed by atoms with van der Waals surface area (Å²) in [7, 11) is 0. The SMILES string of the molecule is C[C@H](NC(=O)C1(CN)CCCCC1)c1ccccc1. The predicted octanol–water partition coefficient (Wildman–Crippen LogP) is 2.77. The fourth-order valence-electron chi connectivity index (χ4n) is 2.93. The van der Waals surface area contributed by atoms with Gasteiger partial charge in [-0.05, 0) is 25.3 Å². The summed E-state index contributed by atoms with van der Waals surface area (Å²) < 4.78 is 0. The fraction of sp³-hybridized carbons (Fsp3) is 0.562. The second-order valence-corrected chi connectivity index (χ2v) is 5.65. The van der Waals surface area contributed by atoms with Gasteiger partial charge in [0.25, 0.3) is 0 Å². The highest BCUT2D eigenvalue weighted by Crippen LogP contribution is 2.36. The summed E-state index contributed by atoms with van der Waals surface area (Å²) in [6.07, 6.45) is 5.31. The lowest BCUT2D eigenvalue weighted by Crippen LogP contribution is -2.47. The molecule has 3 nitrogen and oxygen atoms in total. The smallest absolute Gasteiger partial charge is 0.227 e. The van der Waals surface area contributed by atoms with Crippen molar-refractivity contribution in [3.05, 3.63) is 35.9 Å². The number of hydrogen-bond donors (Lipinski definition) is 2. The summed E-state index contributed by atoms with van der Waals surface area (Å²) in [4.78, 5) is 12.5. The van der Waals surface area contributed by atoms with Gasteiger partial charge in [0.2, 0.25) is 5.91 Å². The highest BCUT2D eigenvalue weighted by Gasteiger charge is 2.38. The zero-order chi connectivity index (χ0) is 13.7. The van der Waals surface area contributed by atoms with E-state index < -0.39 is 0 Å². The Bertz CT molecular complexity index is 410. The third kappa shape index (κ3) is 3.16. The number of carbonyl (C=O) groups is 1. The second-order valence-electron chi connectivity index (χ2n) is 5.65. The van der Waals surface area contributed by atoms with Gasteiger partial charge in [0.15, 0.2) is 0 Å². The Hall–Kier alpha value is -1.35. The average Bonchev–Trinajstić information content (AvgIpc) is 2.48. The van der Waals surface area contributed by atoms with E-state index in [4.69, 9.17) is 5.73 Å². The molecule has 2 rings (SSSR count). The molecular formula is C16H24N2O. The third-order valence-electron chi connectivity index (χ3n) is 4.33. The summed E-state index contributed by atoms with van der Waals surface area (Å²) in [6, 6.07) is 10.1. The number of rotatable bonds is 4. The van der Waals surface area contributed by atoms with Crippen molar-refractivity contribution in [1.82, 2.24) is 5.32 Å². The van der Waals surface area contributed by atoms with E-state index in [2.05, 4.69) is 5.32 Å². The first kappa shape index (κ1) is 14.1. The van der Waals surface area contributed by atoms with Crippen LogP contribution in [0.3, 0.4) is 0 Å². The molecule has 0 bridgehead atoms. The molecule has 19 heavy (non-hydrogen) atoms. The molecule has 1 atom stereocenters. The first-order valence-corrected chi connectivity index (χ1v) is 7.24. The van der Waals surface area contributed by atoms with Crippen LogP contribution in [-0.4, -0.2) is 12.5 Å². The van der Waals surface area contributed by atoms with E-state index in [1.54, 1.807) is 0 Å². The Kier molecular flexibility index (Phi) is 4.59. The molecule has 1 fully saturated rings. The first-order valence-electron chi connectivity index (χ1n) is 7.24. The first-order chi connectivity index (χ1) is 9.18. The fourth-order valence-corrected chi connectivity index (χ4v) is 2.93. The lowest BCUT2D eigenvalue weighted by Gasteiger charge is -2.35. The second kappa shape index (κ2) is 6.20. The summed E-state index contributed by atoms with van der Waals surface area (Å²) >= 11 is 0. The van der Waals surface area contributed by atoms with E-state index >= 15 is 0 Å². The van der Waals surface area contributed by atoms with E-state index in [-0.39, 0.29) is 17.4 Å². The highest BCUT2D eigenvalue weighted by molar-refractivity contribution is 5.83. The maximum atomic E-state index is 12.5. The van der Waals surface area contributed by atoms with Gasteiger partial charge in [-0.25, -0.2) is 0 Å². The molecule has 3 N–H and O–H groups in total. The molecule has 1 aromatic rings. The van der Waals surface area contributed by atoms with E-state index in [1.807, 2.05) is 37.3 Å². The van der Waals surface area contributed by atoms with Gasteiger partial charge in [-0.1, -0.05) is 49.6 Å². The number of hydrogen-bond acceptors (Lipinski definition) is 2. The van der Waals surface area contributed by atoms with Crippen LogP contribution in [0.4, 0.5) is 0 Å². The molecule has 0 aliphatic heterocycles. The summed E-state index contributed by atoms with van der Waals surface area (Å²) in [5.74, 6) is 0.131. The molecular weight excluding hydrogens is 236 g/mol. The largest absolute Gasteiger partial charge is 0.349 e. The van der Waals surface area contributed by atoms with Gasteiger partial charge in [0.05, 0.1) is 11.5 Å². The molecule has 1 saturated carbocycles. The number of nitrogens with one attached hydrogen (secondary N) is 1. The maximum Gasteiger partial charge on any atom is 0.227 e. The van der Waals surface area contributed by atoms with Gasteiger partial charge in [-0.2, -0.15) is 0 Å². The number of nitrogens with two attached hydrogens (primary N) is 1. The minimum Gasteiger partial charge on any atom is -0.349 e. The molecule has 1 aromatic carbocycles. The highest BCUT2D eigenvalue weighted by atomic mass is 16.2. The van der Waals surface area contributed by atoms with Crippen LogP contribution in [0.5, 0.6) is 0 Å². The summed E-state index contributed by atoms with van der Waals surface area (Å²) in [5.41, 5.74) is 6.70. The Morgan fingerprint density at radius 1 is 1.26 bits per heavy atom. The van der Waals surface area contributed by atoms with E-state index in [0.29, 0.717) is 6.54 Å². The van der Waals surface area contributed by atoms with Crippen molar-refractivity contribution in [2.75, 3.05) is 6.54 Å². The van der Waals surface area contributed by atoms with Crippen molar-refractivity contribution < 1.29 is 4.79 Å². The molecule has 1 amide bonds. The number of benzene rings is 1. The maximum absolute atomic E-state index is 12.5. The summed E-state index contributed by atoms with van der Waals surface area (Å²) in [5, 5.41) is 3.14. The predicted molar refractivity (Wildman–Crippen MR) is 77.6 cm³/mol. The lowest BCUT2D eigenvalue weighted by atomic mass is 9.73. The zero-order valence-corrected chi connectivity index (χ0v) is 11.7. The molecule has 1 aliphatic rings. The minimum atomic E-state index is -0.332. The molecule has 0 aromatic heterocycles.